The van der Waals surface area contributed by atoms with Crippen molar-refractivity contribution in [2.45, 2.75) is 25.3 Å². The molecule has 5 nitrogen and oxygen atoms in total. The summed E-state index contributed by atoms with van der Waals surface area (Å²) in [4.78, 5) is 15.6. The molecular formula is C31H33ClFN3O2. The van der Waals surface area contributed by atoms with Crippen LogP contribution < -0.4 is 5.32 Å². The van der Waals surface area contributed by atoms with E-state index in [0.29, 0.717) is 24.5 Å². The third-order valence-electron chi connectivity index (χ3n) is 7.18. The molecule has 0 spiro atoms. The van der Waals surface area contributed by atoms with Crippen molar-refractivity contribution in [2.24, 2.45) is 0 Å². The quantitative estimate of drug-likeness (QED) is 0.260. The number of amides is 1. The van der Waals surface area contributed by atoms with Crippen molar-refractivity contribution in [1.82, 2.24) is 14.8 Å². The molecule has 5 rings (SSSR count). The highest BCUT2D eigenvalue weighted by atomic mass is 35.5. The van der Waals surface area contributed by atoms with Gasteiger partial charge in [-0.1, -0.05) is 54.1 Å². The molecule has 0 unspecified atom stereocenters. The summed E-state index contributed by atoms with van der Waals surface area (Å²) in [6.07, 6.45) is 3.36. The number of nitrogens with zero attached hydrogens (tertiary/aromatic N) is 2. The summed E-state index contributed by atoms with van der Waals surface area (Å²) >= 11 is 6.38. The minimum Gasteiger partial charge on any atom is -0.379 e. The van der Waals surface area contributed by atoms with Gasteiger partial charge < -0.3 is 14.6 Å². The minimum atomic E-state index is -0.246. The van der Waals surface area contributed by atoms with E-state index in [4.69, 9.17) is 16.3 Å². The summed E-state index contributed by atoms with van der Waals surface area (Å²) in [5, 5.41) is 4.88. The predicted molar refractivity (Wildman–Crippen MR) is 150 cm³/mol. The molecule has 38 heavy (non-hydrogen) atoms. The van der Waals surface area contributed by atoms with E-state index in [1.165, 1.54) is 12.1 Å². The number of hydrogen-bond donors (Lipinski definition) is 1. The highest BCUT2D eigenvalue weighted by Gasteiger charge is 2.23. The minimum absolute atomic E-state index is 0.0207. The van der Waals surface area contributed by atoms with E-state index in [2.05, 4.69) is 33.1 Å². The van der Waals surface area contributed by atoms with Gasteiger partial charge in [0, 0.05) is 60.6 Å². The van der Waals surface area contributed by atoms with Crippen LogP contribution in [0, 0.1) is 5.82 Å². The molecule has 1 aliphatic heterocycles. The highest BCUT2D eigenvalue weighted by molar-refractivity contribution is 6.30. The van der Waals surface area contributed by atoms with Gasteiger partial charge in [-0.3, -0.25) is 9.69 Å². The average Bonchev–Trinajstić information content (AvgIpc) is 3.29. The number of hydrogen-bond acceptors (Lipinski definition) is 3. The number of aromatic nitrogens is 1. The molecule has 1 aromatic heterocycles. The standard InChI is InChI=1S/C31H33ClFN3O2/c32-25-6-3-5-24(19-25)28(20-31(37)34-13-4-14-35-15-17-38-18-16-35)29-22-36(30-8-2-1-7-27(29)30)21-23-9-11-26(33)12-10-23/h1-3,5-12,19,22,28H,4,13-18,20-21H2,(H,34,37)/t28-/m1/s1. The van der Waals surface area contributed by atoms with Crippen molar-refractivity contribution in [3.05, 3.63) is 107 Å². The van der Waals surface area contributed by atoms with Gasteiger partial charge in [0.1, 0.15) is 5.82 Å². The van der Waals surface area contributed by atoms with Crippen molar-refractivity contribution in [3.63, 3.8) is 0 Å². The van der Waals surface area contributed by atoms with Crippen molar-refractivity contribution < 1.29 is 13.9 Å². The summed E-state index contributed by atoms with van der Waals surface area (Å²) in [6.45, 7) is 5.67. The second-order valence-corrected chi connectivity index (χ2v) is 10.3. The summed E-state index contributed by atoms with van der Waals surface area (Å²) in [5.74, 6) is -0.386. The van der Waals surface area contributed by atoms with Crippen LogP contribution in [0.25, 0.3) is 10.9 Å². The number of nitrogens with one attached hydrogen (secondary N) is 1. The van der Waals surface area contributed by atoms with E-state index < -0.39 is 0 Å². The van der Waals surface area contributed by atoms with E-state index in [-0.39, 0.29) is 17.6 Å². The van der Waals surface area contributed by atoms with Crippen LogP contribution in [0.15, 0.2) is 79.0 Å². The maximum Gasteiger partial charge on any atom is 0.220 e. The van der Waals surface area contributed by atoms with E-state index in [9.17, 15) is 9.18 Å². The first-order valence-corrected chi connectivity index (χ1v) is 13.6. The molecule has 3 aromatic carbocycles. The summed E-state index contributed by atoms with van der Waals surface area (Å²) in [6, 6.07) is 22.6. The molecule has 0 aliphatic carbocycles. The lowest BCUT2D eigenvalue weighted by Gasteiger charge is -2.26. The van der Waals surface area contributed by atoms with Gasteiger partial charge >= 0.3 is 0 Å². The van der Waals surface area contributed by atoms with E-state index in [1.54, 1.807) is 0 Å². The number of ether oxygens (including phenoxy) is 1. The van der Waals surface area contributed by atoms with Crippen molar-refractivity contribution in [3.8, 4) is 0 Å². The zero-order valence-corrected chi connectivity index (χ0v) is 22.2. The molecule has 7 heteroatoms. The highest BCUT2D eigenvalue weighted by Crippen LogP contribution is 2.36. The normalized spacial score (nSPS) is 15.0. The van der Waals surface area contributed by atoms with Gasteiger partial charge in [0.15, 0.2) is 0 Å². The lowest BCUT2D eigenvalue weighted by atomic mass is 9.88. The Morgan fingerprint density at radius 1 is 1.03 bits per heavy atom. The molecular weight excluding hydrogens is 501 g/mol. The molecule has 2 heterocycles. The Hall–Kier alpha value is -3.19. The van der Waals surface area contributed by atoms with Crippen LogP contribution in [0.2, 0.25) is 5.02 Å². The fourth-order valence-electron chi connectivity index (χ4n) is 5.21. The Labute approximate surface area is 228 Å². The van der Waals surface area contributed by atoms with Crippen LogP contribution >= 0.6 is 11.6 Å². The summed E-state index contributed by atoms with van der Waals surface area (Å²) in [5.41, 5.74) is 4.17. The van der Waals surface area contributed by atoms with Crippen LogP contribution in [-0.4, -0.2) is 54.8 Å². The van der Waals surface area contributed by atoms with E-state index >= 15 is 0 Å². The van der Waals surface area contributed by atoms with Crippen LogP contribution in [-0.2, 0) is 16.1 Å². The zero-order valence-electron chi connectivity index (χ0n) is 21.4. The molecule has 1 saturated heterocycles. The fraction of sp³-hybridized carbons (Fsp3) is 0.323. The molecule has 1 amide bonds. The first kappa shape index (κ1) is 26.4. The number of fused-ring (bicyclic) bond motifs is 1. The second-order valence-electron chi connectivity index (χ2n) is 9.83. The lowest BCUT2D eigenvalue weighted by molar-refractivity contribution is -0.121. The second kappa shape index (κ2) is 12.6. The molecule has 4 aromatic rings. The van der Waals surface area contributed by atoms with Gasteiger partial charge in [-0.15, -0.1) is 0 Å². The third kappa shape index (κ3) is 6.62. The molecule has 1 atom stereocenters. The Morgan fingerprint density at radius 2 is 1.82 bits per heavy atom. The number of rotatable bonds is 10. The van der Waals surface area contributed by atoms with Crippen molar-refractivity contribution in [1.29, 1.82) is 0 Å². The fourth-order valence-corrected chi connectivity index (χ4v) is 5.41. The molecule has 1 aliphatic rings. The van der Waals surface area contributed by atoms with Gasteiger partial charge in [-0.25, -0.2) is 4.39 Å². The Morgan fingerprint density at radius 3 is 2.61 bits per heavy atom. The average molecular weight is 534 g/mol. The monoisotopic (exact) mass is 533 g/mol. The molecule has 0 radical (unpaired) electrons. The largest absolute Gasteiger partial charge is 0.379 e. The summed E-state index contributed by atoms with van der Waals surface area (Å²) in [7, 11) is 0. The van der Waals surface area contributed by atoms with Gasteiger partial charge in [-0.2, -0.15) is 0 Å². The Kier molecular flexibility index (Phi) is 8.74. The number of benzene rings is 3. The predicted octanol–water partition coefficient (Wildman–Crippen LogP) is 5.84. The number of morpholine rings is 1. The summed E-state index contributed by atoms with van der Waals surface area (Å²) < 4.78 is 21.1. The van der Waals surface area contributed by atoms with Crippen molar-refractivity contribution in [2.75, 3.05) is 39.4 Å². The van der Waals surface area contributed by atoms with Gasteiger partial charge in [-0.05, 0) is 60.0 Å². The van der Waals surface area contributed by atoms with E-state index in [0.717, 1.165) is 66.9 Å². The van der Waals surface area contributed by atoms with Crippen LogP contribution in [0.3, 0.4) is 0 Å². The Balaban J connectivity index is 1.37. The van der Waals surface area contributed by atoms with Gasteiger partial charge in [0.2, 0.25) is 5.91 Å². The molecule has 0 saturated carbocycles. The number of carbonyl (C=O) groups is 1. The lowest BCUT2D eigenvalue weighted by Crippen LogP contribution is -2.38. The molecule has 198 valence electrons. The van der Waals surface area contributed by atoms with E-state index in [1.807, 2.05) is 48.5 Å². The Bertz CT molecular complexity index is 1370. The zero-order chi connectivity index (χ0) is 26.3. The van der Waals surface area contributed by atoms with Gasteiger partial charge in [0.25, 0.3) is 0 Å². The first-order valence-electron chi connectivity index (χ1n) is 13.2. The maximum atomic E-state index is 13.5. The third-order valence-corrected chi connectivity index (χ3v) is 7.41. The number of para-hydroxylation sites is 1. The number of halogens is 2. The van der Waals surface area contributed by atoms with Crippen LogP contribution in [0.5, 0.6) is 0 Å². The number of carbonyl (C=O) groups excluding carboxylic acids is 1. The van der Waals surface area contributed by atoms with Crippen LogP contribution in [0.4, 0.5) is 4.39 Å². The first-order chi connectivity index (χ1) is 18.6. The molecule has 1 fully saturated rings. The topological polar surface area (TPSA) is 46.5 Å². The molecule has 1 N–H and O–H groups in total. The van der Waals surface area contributed by atoms with Crippen LogP contribution in [0.1, 0.15) is 35.4 Å². The maximum absolute atomic E-state index is 13.5. The van der Waals surface area contributed by atoms with Gasteiger partial charge in [0.05, 0.1) is 13.2 Å². The molecule has 0 bridgehead atoms. The SMILES string of the molecule is O=C(C[C@H](c1cccc(Cl)c1)c1cn(Cc2ccc(F)cc2)c2ccccc12)NCCCN1CCOCC1. The van der Waals surface area contributed by atoms with Crippen molar-refractivity contribution >= 4 is 28.4 Å². The smallest absolute Gasteiger partial charge is 0.220 e.